The molecule has 6 nitrogen and oxygen atoms in total. The summed E-state index contributed by atoms with van der Waals surface area (Å²) in [7, 11) is -3.31. The number of benzene rings is 3. The molecule has 3 aromatic rings. The van der Waals surface area contributed by atoms with Crippen LogP contribution in [0, 0.1) is 5.92 Å². The number of aromatic hydroxyl groups is 1. The monoisotopic (exact) mass is 533 g/mol. The van der Waals surface area contributed by atoms with Gasteiger partial charge in [0.05, 0.1) is 4.90 Å². The molecule has 2 heterocycles. The van der Waals surface area contributed by atoms with Crippen molar-refractivity contribution in [3.8, 4) is 17.2 Å². The third kappa shape index (κ3) is 5.45. The van der Waals surface area contributed by atoms with Gasteiger partial charge in [-0.05, 0) is 91.9 Å². The summed E-state index contributed by atoms with van der Waals surface area (Å²) in [6.45, 7) is 9.41. The van der Waals surface area contributed by atoms with Crippen molar-refractivity contribution in [1.82, 2.24) is 4.90 Å². The van der Waals surface area contributed by atoms with Gasteiger partial charge >= 0.3 is 0 Å². The van der Waals surface area contributed by atoms with Gasteiger partial charge in [-0.3, -0.25) is 4.90 Å². The maximum Gasteiger partial charge on any atom is 0.175 e. The zero-order chi connectivity index (χ0) is 27.0. The van der Waals surface area contributed by atoms with E-state index in [0.717, 1.165) is 52.6 Å². The first kappa shape index (κ1) is 26.3. The zero-order valence-corrected chi connectivity index (χ0v) is 23.2. The maximum atomic E-state index is 12.0. The minimum atomic E-state index is -3.31. The first-order valence-corrected chi connectivity index (χ1v) is 15.0. The van der Waals surface area contributed by atoms with Gasteiger partial charge in [0.2, 0.25) is 0 Å². The Hall–Kier alpha value is -3.29. The van der Waals surface area contributed by atoms with Crippen LogP contribution in [-0.2, 0) is 9.84 Å². The Morgan fingerprint density at radius 3 is 2.42 bits per heavy atom. The Bertz CT molecular complexity index is 1440. The molecule has 0 aromatic heterocycles. The van der Waals surface area contributed by atoms with Crippen LogP contribution in [0.2, 0.25) is 0 Å². The zero-order valence-electron chi connectivity index (χ0n) is 22.3. The summed E-state index contributed by atoms with van der Waals surface area (Å²) in [6, 6.07) is 20.3. The Balaban J connectivity index is 1.43. The lowest BCUT2D eigenvalue weighted by Crippen LogP contribution is -2.35. The van der Waals surface area contributed by atoms with E-state index in [0.29, 0.717) is 18.4 Å². The van der Waals surface area contributed by atoms with Gasteiger partial charge in [-0.15, -0.1) is 0 Å². The van der Waals surface area contributed by atoms with Crippen LogP contribution < -0.4 is 9.47 Å². The second-order valence-corrected chi connectivity index (χ2v) is 12.6. The predicted octanol–water partition coefficient (Wildman–Crippen LogP) is 5.97. The molecule has 2 aliphatic heterocycles. The van der Waals surface area contributed by atoms with Crippen molar-refractivity contribution in [1.29, 1.82) is 0 Å². The molecule has 7 heteroatoms. The highest BCUT2D eigenvalue weighted by Gasteiger charge is 2.30. The number of ether oxygens (including phenoxy) is 2. The quantitative estimate of drug-likeness (QED) is 0.403. The number of likely N-dealkylation sites (tertiary alicyclic amines) is 1. The molecular formula is C31H35NO5S. The SMILES string of the molecule is CC1=C(c2ccc(S(C)(=O)=O)cc2)C(c2ccc(OC[C@H](C)N3CC[C@@H](C)C3)cc2)Oc2ccc(O)cc21. The highest BCUT2D eigenvalue weighted by atomic mass is 32.2. The van der Waals surface area contributed by atoms with E-state index in [9.17, 15) is 13.5 Å². The first-order valence-electron chi connectivity index (χ1n) is 13.1. The van der Waals surface area contributed by atoms with Gasteiger partial charge in [0.1, 0.15) is 30.0 Å². The summed E-state index contributed by atoms with van der Waals surface area (Å²) in [6.07, 6.45) is 2.04. The Kier molecular flexibility index (Phi) is 7.25. The summed E-state index contributed by atoms with van der Waals surface area (Å²) < 4.78 is 36.6. The molecule has 38 heavy (non-hydrogen) atoms. The smallest absolute Gasteiger partial charge is 0.175 e. The molecule has 1 fully saturated rings. The molecule has 2 aliphatic rings. The van der Waals surface area contributed by atoms with Crippen LogP contribution in [0.15, 0.2) is 71.6 Å². The Morgan fingerprint density at radius 1 is 1.08 bits per heavy atom. The average molecular weight is 534 g/mol. The van der Waals surface area contributed by atoms with Crippen molar-refractivity contribution in [2.45, 2.75) is 44.2 Å². The number of fused-ring (bicyclic) bond motifs is 1. The summed E-state index contributed by atoms with van der Waals surface area (Å²) in [4.78, 5) is 2.75. The normalized spacial score (nSPS) is 20.6. The fourth-order valence-electron chi connectivity index (χ4n) is 5.36. The number of hydrogen-bond acceptors (Lipinski definition) is 6. The number of nitrogens with zero attached hydrogens (tertiary/aromatic N) is 1. The fraction of sp³-hybridized carbons (Fsp3) is 0.355. The number of phenols is 1. The van der Waals surface area contributed by atoms with Crippen molar-refractivity contribution in [3.05, 3.63) is 83.4 Å². The Labute approximate surface area is 225 Å². The van der Waals surface area contributed by atoms with Gasteiger partial charge in [-0.1, -0.05) is 31.2 Å². The lowest BCUT2D eigenvalue weighted by molar-refractivity contribution is 0.169. The van der Waals surface area contributed by atoms with E-state index in [1.165, 1.54) is 12.7 Å². The summed E-state index contributed by atoms with van der Waals surface area (Å²) in [5, 5.41) is 10.1. The van der Waals surface area contributed by atoms with Crippen molar-refractivity contribution in [2.75, 3.05) is 26.0 Å². The molecule has 0 amide bonds. The molecule has 3 aromatic carbocycles. The van der Waals surface area contributed by atoms with Crippen molar-refractivity contribution >= 4 is 21.0 Å². The van der Waals surface area contributed by atoms with E-state index < -0.39 is 15.9 Å². The van der Waals surface area contributed by atoms with Crippen LogP contribution in [-0.4, -0.2) is 50.4 Å². The molecule has 1 unspecified atom stereocenters. The number of phenolic OH excluding ortho intramolecular Hbond substituents is 1. The first-order chi connectivity index (χ1) is 18.1. The Morgan fingerprint density at radius 2 is 1.79 bits per heavy atom. The van der Waals surface area contributed by atoms with Gasteiger partial charge in [0.25, 0.3) is 0 Å². The summed E-state index contributed by atoms with van der Waals surface area (Å²) >= 11 is 0. The molecule has 0 bridgehead atoms. The molecule has 1 saturated heterocycles. The molecule has 3 atom stereocenters. The van der Waals surface area contributed by atoms with Gasteiger partial charge < -0.3 is 14.6 Å². The highest BCUT2D eigenvalue weighted by Crippen LogP contribution is 2.47. The van der Waals surface area contributed by atoms with E-state index in [1.807, 2.05) is 43.3 Å². The average Bonchev–Trinajstić information content (AvgIpc) is 3.34. The third-order valence-electron chi connectivity index (χ3n) is 7.62. The fourth-order valence-corrected chi connectivity index (χ4v) is 5.99. The van der Waals surface area contributed by atoms with Crippen LogP contribution in [0.5, 0.6) is 17.2 Å². The van der Waals surface area contributed by atoms with Crippen molar-refractivity contribution < 1.29 is 23.0 Å². The predicted molar refractivity (Wildman–Crippen MR) is 150 cm³/mol. The molecule has 0 radical (unpaired) electrons. The van der Waals surface area contributed by atoms with Gasteiger partial charge in [0, 0.05) is 30.0 Å². The molecule has 0 spiro atoms. The number of sulfone groups is 1. The van der Waals surface area contributed by atoms with Crippen LogP contribution in [0.3, 0.4) is 0 Å². The molecule has 200 valence electrons. The van der Waals surface area contributed by atoms with E-state index >= 15 is 0 Å². The lowest BCUT2D eigenvalue weighted by atomic mass is 9.86. The summed E-state index contributed by atoms with van der Waals surface area (Å²) in [5.41, 5.74) is 4.53. The highest BCUT2D eigenvalue weighted by molar-refractivity contribution is 7.90. The van der Waals surface area contributed by atoms with Crippen LogP contribution in [0.25, 0.3) is 11.1 Å². The van der Waals surface area contributed by atoms with Crippen LogP contribution in [0.1, 0.15) is 50.0 Å². The third-order valence-corrected chi connectivity index (χ3v) is 8.75. The van der Waals surface area contributed by atoms with Gasteiger partial charge in [-0.25, -0.2) is 8.42 Å². The minimum absolute atomic E-state index is 0.163. The second kappa shape index (κ2) is 10.5. The second-order valence-electron chi connectivity index (χ2n) is 10.6. The molecule has 5 rings (SSSR count). The molecule has 1 N–H and O–H groups in total. The van der Waals surface area contributed by atoms with E-state index in [4.69, 9.17) is 9.47 Å². The summed E-state index contributed by atoms with van der Waals surface area (Å²) in [5.74, 6) is 2.41. The van der Waals surface area contributed by atoms with E-state index in [-0.39, 0.29) is 10.6 Å². The van der Waals surface area contributed by atoms with Gasteiger partial charge in [0.15, 0.2) is 9.84 Å². The van der Waals surface area contributed by atoms with E-state index in [2.05, 4.69) is 18.7 Å². The number of rotatable bonds is 7. The van der Waals surface area contributed by atoms with Crippen molar-refractivity contribution in [2.24, 2.45) is 5.92 Å². The molecule has 0 saturated carbocycles. The minimum Gasteiger partial charge on any atom is -0.508 e. The largest absolute Gasteiger partial charge is 0.508 e. The van der Waals surface area contributed by atoms with Gasteiger partial charge in [-0.2, -0.15) is 0 Å². The van der Waals surface area contributed by atoms with Crippen LogP contribution >= 0.6 is 0 Å². The maximum absolute atomic E-state index is 12.0. The number of hydrogen-bond donors (Lipinski definition) is 1. The van der Waals surface area contributed by atoms with E-state index in [1.54, 1.807) is 30.3 Å². The topological polar surface area (TPSA) is 76.1 Å². The lowest BCUT2D eigenvalue weighted by Gasteiger charge is -2.31. The van der Waals surface area contributed by atoms with Crippen LogP contribution in [0.4, 0.5) is 0 Å². The molecule has 0 aliphatic carbocycles. The number of allylic oxidation sites excluding steroid dienone is 1. The van der Waals surface area contributed by atoms with Crippen molar-refractivity contribution in [3.63, 3.8) is 0 Å². The standard InChI is InChI=1S/C31H35NO5S/c1-20-15-16-32(18-20)21(2)19-36-26-10-5-24(6-11-26)31-30(23-7-12-27(13-8-23)38(4,34)35)22(3)28-17-25(33)9-14-29(28)37-31/h5-14,17,20-21,31,33H,15-16,18-19H2,1-4H3/t20-,21+,31?/m1/s1. The molecular weight excluding hydrogens is 498 g/mol.